The minimum atomic E-state index is 0.258. The number of amides is 1. The van der Waals surface area contributed by atoms with E-state index in [-0.39, 0.29) is 5.92 Å². The van der Waals surface area contributed by atoms with E-state index in [9.17, 15) is 4.79 Å². The van der Waals surface area contributed by atoms with Gasteiger partial charge in [-0.25, -0.2) is 0 Å². The van der Waals surface area contributed by atoms with E-state index in [1.54, 1.807) is 0 Å². The summed E-state index contributed by atoms with van der Waals surface area (Å²) in [5.41, 5.74) is 0. The van der Waals surface area contributed by atoms with E-state index in [1.165, 1.54) is 6.42 Å². The zero-order valence-corrected chi connectivity index (χ0v) is 9.94. The zero-order chi connectivity index (χ0) is 11.0. The largest absolute Gasteiger partial charge is 0.345 e. The fraction of sp³-hybridized carbons (Fsp3) is 0.769. The summed E-state index contributed by atoms with van der Waals surface area (Å²) in [5.74, 6) is 2.26. The molecular formula is C13H21NO. The molecule has 1 heterocycles. The molecule has 3 atom stereocenters. The van der Waals surface area contributed by atoms with Crippen LogP contribution in [-0.4, -0.2) is 24.4 Å². The highest BCUT2D eigenvalue weighted by atomic mass is 16.2. The fourth-order valence-corrected chi connectivity index (χ4v) is 3.02. The molecule has 0 aromatic rings. The Balaban J connectivity index is 2.24. The van der Waals surface area contributed by atoms with Crippen molar-refractivity contribution in [3.05, 3.63) is 12.2 Å². The standard InChI is InChI=1S/C13H21NO/c1-9(2)11-6-4-5-10-7-8-14(3)13(15)12(10)11/h4,6,9-12H,5,7-8H2,1-3H3/t10-,11-,12-/m0/s1. The van der Waals surface area contributed by atoms with Gasteiger partial charge < -0.3 is 4.90 Å². The Bertz CT molecular complexity index is 282. The van der Waals surface area contributed by atoms with Crippen LogP contribution in [0.4, 0.5) is 0 Å². The van der Waals surface area contributed by atoms with Crippen LogP contribution in [0.5, 0.6) is 0 Å². The molecule has 2 aliphatic rings. The number of hydrogen-bond acceptors (Lipinski definition) is 1. The third-order valence-corrected chi connectivity index (χ3v) is 3.99. The van der Waals surface area contributed by atoms with Gasteiger partial charge in [0, 0.05) is 19.5 Å². The van der Waals surface area contributed by atoms with E-state index in [0.717, 1.165) is 13.0 Å². The maximum absolute atomic E-state index is 12.2. The van der Waals surface area contributed by atoms with Crippen LogP contribution in [0.1, 0.15) is 26.7 Å². The molecule has 2 rings (SSSR count). The molecule has 1 saturated heterocycles. The van der Waals surface area contributed by atoms with E-state index >= 15 is 0 Å². The first-order chi connectivity index (χ1) is 7.11. The lowest BCUT2D eigenvalue weighted by Crippen LogP contribution is -2.48. The Morgan fingerprint density at radius 2 is 2.20 bits per heavy atom. The van der Waals surface area contributed by atoms with Crippen LogP contribution in [-0.2, 0) is 4.79 Å². The number of piperidine rings is 1. The van der Waals surface area contributed by atoms with Gasteiger partial charge in [0.15, 0.2) is 0 Å². The first-order valence-corrected chi connectivity index (χ1v) is 6.03. The highest BCUT2D eigenvalue weighted by molar-refractivity contribution is 5.80. The topological polar surface area (TPSA) is 20.3 Å². The first kappa shape index (κ1) is 10.7. The van der Waals surface area contributed by atoms with Gasteiger partial charge in [0.05, 0.1) is 0 Å². The second kappa shape index (κ2) is 3.99. The molecule has 1 aliphatic carbocycles. The van der Waals surface area contributed by atoms with Gasteiger partial charge in [-0.2, -0.15) is 0 Å². The summed E-state index contributed by atoms with van der Waals surface area (Å²) >= 11 is 0. The average Bonchev–Trinajstić information content (AvgIpc) is 2.23. The van der Waals surface area contributed by atoms with Crippen molar-refractivity contribution in [3.8, 4) is 0 Å². The van der Waals surface area contributed by atoms with E-state index in [4.69, 9.17) is 0 Å². The normalized spacial score (nSPS) is 35.9. The van der Waals surface area contributed by atoms with Gasteiger partial charge in [-0.3, -0.25) is 4.79 Å². The molecule has 0 aromatic heterocycles. The van der Waals surface area contributed by atoms with E-state index in [2.05, 4.69) is 26.0 Å². The molecule has 1 amide bonds. The van der Waals surface area contributed by atoms with Crippen molar-refractivity contribution in [2.75, 3.05) is 13.6 Å². The van der Waals surface area contributed by atoms with Crippen LogP contribution in [0.15, 0.2) is 12.2 Å². The lowest BCUT2D eigenvalue weighted by molar-refractivity contribution is -0.142. The molecule has 0 N–H and O–H groups in total. The number of hydrogen-bond donors (Lipinski definition) is 0. The highest BCUT2D eigenvalue weighted by Gasteiger charge is 2.41. The molecule has 0 unspecified atom stereocenters. The number of nitrogens with zero attached hydrogens (tertiary/aromatic N) is 1. The molecule has 84 valence electrons. The molecule has 1 aliphatic heterocycles. The van der Waals surface area contributed by atoms with Gasteiger partial charge in [-0.15, -0.1) is 0 Å². The third-order valence-electron chi connectivity index (χ3n) is 3.99. The van der Waals surface area contributed by atoms with Crippen molar-refractivity contribution in [1.29, 1.82) is 0 Å². The van der Waals surface area contributed by atoms with Crippen LogP contribution in [0.25, 0.3) is 0 Å². The number of fused-ring (bicyclic) bond motifs is 1. The second-order valence-corrected chi connectivity index (χ2v) is 5.32. The smallest absolute Gasteiger partial charge is 0.226 e. The molecule has 2 nitrogen and oxygen atoms in total. The van der Waals surface area contributed by atoms with Crippen LogP contribution in [0, 0.1) is 23.7 Å². The van der Waals surface area contributed by atoms with E-state index < -0.39 is 0 Å². The summed E-state index contributed by atoms with van der Waals surface area (Å²) in [7, 11) is 1.94. The van der Waals surface area contributed by atoms with Crippen LogP contribution in [0.3, 0.4) is 0 Å². The quantitative estimate of drug-likeness (QED) is 0.604. The summed E-state index contributed by atoms with van der Waals surface area (Å²) in [5, 5.41) is 0. The Kier molecular flexibility index (Phi) is 2.85. The first-order valence-electron chi connectivity index (χ1n) is 6.03. The lowest BCUT2D eigenvalue weighted by Gasteiger charge is -2.42. The van der Waals surface area contributed by atoms with Gasteiger partial charge in [0.1, 0.15) is 0 Å². The predicted molar refractivity (Wildman–Crippen MR) is 61.3 cm³/mol. The van der Waals surface area contributed by atoms with Crippen molar-refractivity contribution >= 4 is 5.91 Å². The van der Waals surface area contributed by atoms with Crippen LogP contribution in [0.2, 0.25) is 0 Å². The van der Waals surface area contributed by atoms with Crippen LogP contribution < -0.4 is 0 Å². The molecule has 0 saturated carbocycles. The maximum atomic E-state index is 12.2. The molecule has 15 heavy (non-hydrogen) atoms. The van der Waals surface area contributed by atoms with Gasteiger partial charge in [-0.05, 0) is 30.6 Å². The van der Waals surface area contributed by atoms with Gasteiger partial charge >= 0.3 is 0 Å². The Morgan fingerprint density at radius 3 is 2.87 bits per heavy atom. The van der Waals surface area contributed by atoms with Crippen molar-refractivity contribution in [3.63, 3.8) is 0 Å². The lowest BCUT2D eigenvalue weighted by atomic mass is 9.68. The summed E-state index contributed by atoms with van der Waals surface area (Å²) in [6, 6.07) is 0. The highest BCUT2D eigenvalue weighted by Crippen LogP contribution is 2.40. The van der Waals surface area contributed by atoms with E-state index in [1.807, 2.05) is 11.9 Å². The zero-order valence-electron chi connectivity index (χ0n) is 9.94. The molecule has 0 bridgehead atoms. The maximum Gasteiger partial charge on any atom is 0.226 e. The van der Waals surface area contributed by atoms with E-state index in [0.29, 0.717) is 23.7 Å². The summed E-state index contributed by atoms with van der Waals surface area (Å²) in [6.45, 7) is 5.39. The Morgan fingerprint density at radius 1 is 1.47 bits per heavy atom. The fourth-order valence-electron chi connectivity index (χ4n) is 3.02. The van der Waals surface area contributed by atoms with Crippen molar-refractivity contribution < 1.29 is 4.79 Å². The van der Waals surface area contributed by atoms with Crippen molar-refractivity contribution in [1.82, 2.24) is 4.90 Å². The van der Waals surface area contributed by atoms with Crippen molar-refractivity contribution in [2.45, 2.75) is 26.7 Å². The Hall–Kier alpha value is -0.790. The molecule has 2 heteroatoms. The molecule has 0 radical (unpaired) electrons. The number of likely N-dealkylation sites (tertiary alicyclic amines) is 1. The summed E-state index contributed by atoms with van der Waals surface area (Å²) in [4.78, 5) is 14.1. The molecule has 0 spiro atoms. The van der Waals surface area contributed by atoms with Gasteiger partial charge in [0.25, 0.3) is 0 Å². The summed E-state index contributed by atoms with van der Waals surface area (Å²) in [6.07, 6.45) is 6.83. The Labute approximate surface area is 92.3 Å². The number of carbonyl (C=O) groups excluding carboxylic acids is 1. The van der Waals surface area contributed by atoms with Gasteiger partial charge in [-0.1, -0.05) is 26.0 Å². The number of rotatable bonds is 1. The predicted octanol–water partition coefficient (Wildman–Crippen LogP) is 2.31. The minimum Gasteiger partial charge on any atom is -0.345 e. The number of carbonyl (C=O) groups is 1. The number of allylic oxidation sites excluding steroid dienone is 2. The second-order valence-electron chi connectivity index (χ2n) is 5.32. The average molecular weight is 207 g/mol. The van der Waals surface area contributed by atoms with Crippen LogP contribution >= 0.6 is 0 Å². The minimum absolute atomic E-state index is 0.258. The van der Waals surface area contributed by atoms with Crippen molar-refractivity contribution in [2.24, 2.45) is 23.7 Å². The monoisotopic (exact) mass is 207 g/mol. The third kappa shape index (κ3) is 1.82. The van der Waals surface area contributed by atoms with Gasteiger partial charge in [0.2, 0.25) is 5.91 Å². The summed E-state index contributed by atoms with van der Waals surface area (Å²) < 4.78 is 0. The SMILES string of the molecule is CC(C)[C@@H]1C=CC[C@H]2CCN(C)C(=O)[C@@H]21. The molecule has 0 aromatic carbocycles. The molecular weight excluding hydrogens is 186 g/mol. The molecule has 1 fully saturated rings.